The lowest BCUT2D eigenvalue weighted by atomic mass is 10.0. The van der Waals surface area contributed by atoms with E-state index in [4.69, 9.17) is 15.1 Å². The molecule has 1 aromatic heterocycles. The first-order chi connectivity index (χ1) is 9.97. The van der Waals surface area contributed by atoms with Crippen LogP contribution in [0.5, 0.6) is 0 Å². The predicted octanol–water partition coefficient (Wildman–Crippen LogP) is -1.41. The molecule has 2 unspecified atom stereocenters. The van der Waals surface area contributed by atoms with Crippen molar-refractivity contribution < 1.29 is 19.7 Å². The first-order valence-electron chi connectivity index (χ1n) is 6.18. The number of aliphatic hydroxyl groups is 2. The molecule has 4 atom stereocenters. The van der Waals surface area contributed by atoms with Gasteiger partial charge in [-0.3, -0.25) is 9.36 Å². The topological polar surface area (TPSA) is 137 Å². The number of carbonyl (C=O) groups is 1. The molecule has 21 heavy (non-hydrogen) atoms. The van der Waals surface area contributed by atoms with E-state index in [-0.39, 0.29) is 11.7 Å². The lowest BCUT2D eigenvalue weighted by Crippen LogP contribution is -2.31. The summed E-state index contributed by atoms with van der Waals surface area (Å²) in [4.78, 5) is 26.5. The maximum absolute atomic E-state index is 11.9. The minimum atomic E-state index is -1.20. The maximum atomic E-state index is 11.9. The van der Waals surface area contributed by atoms with Crippen molar-refractivity contribution in [1.82, 2.24) is 9.55 Å². The first-order valence-corrected chi connectivity index (χ1v) is 6.18. The highest BCUT2D eigenvalue weighted by atomic mass is 16.5. The van der Waals surface area contributed by atoms with E-state index in [0.29, 0.717) is 0 Å². The predicted molar refractivity (Wildman–Crippen MR) is 68.9 cm³/mol. The molecule has 1 fully saturated rings. The third kappa shape index (κ3) is 2.92. The summed E-state index contributed by atoms with van der Waals surface area (Å²) in [6, 6.07) is 3.23. The molecule has 2 rings (SSSR count). The van der Waals surface area contributed by atoms with E-state index < -0.39 is 36.7 Å². The van der Waals surface area contributed by atoms with Crippen molar-refractivity contribution in [3.8, 4) is 6.07 Å². The van der Waals surface area contributed by atoms with E-state index in [1.165, 1.54) is 19.2 Å². The fraction of sp³-hybridized carbons (Fsp3) is 0.500. The monoisotopic (exact) mass is 294 g/mol. The summed E-state index contributed by atoms with van der Waals surface area (Å²) in [5.41, 5.74) is -0.739. The van der Waals surface area contributed by atoms with Crippen molar-refractivity contribution in [3.05, 3.63) is 22.7 Å². The Balaban J connectivity index is 2.32. The Morgan fingerprint density at radius 2 is 2.38 bits per heavy atom. The number of nitrogens with zero attached hydrogens (tertiary/aromatic N) is 3. The second-order valence-electron chi connectivity index (χ2n) is 4.58. The molecule has 1 amide bonds. The van der Waals surface area contributed by atoms with Crippen LogP contribution in [0.15, 0.2) is 17.1 Å². The number of carbonyl (C=O) groups excluding carboxylic acids is 1. The van der Waals surface area contributed by atoms with Crippen LogP contribution in [0.4, 0.5) is 5.82 Å². The molecule has 112 valence electrons. The summed E-state index contributed by atoms with van der Waals surface area (Å²) < 4.78 is 6.37. The second kappa shape index (κ2) is 6.01. The smallest absolute Gasteiger partial charge is 0.351 e. The quantitative estimate of drug-likeness (QED) is 0.622. The molecule has 0 aliphatic carbocycles. The number of hydrogen-bond donors (Lipinski definition) is 3. The Bertz CT molecular complexity index is 637. The van der Waals surface area contributed by atoms with E-state index in [1.807, 2.05) is 6.07 Å². The zero-order valence-electron chi connectivity index (χ0n) is 11.1. The number of rotatable bonds is 3. The van der Waals surface area contributed by atoms with Crippen molar-refractivity contribution in [2.75, 3.05) is 11.9 Å². The molecule has 0 aromatic carbocycles. The van der Waals surface area contributed by atoms with Gasteiger partial charge in [0.2, 0.25) is 5.91 Å². The summed E-state index contributed by atoms with van der Waals surface area (Å²) in [5, 5.41) is 30.4. The van der Waals surface area contributed by atoms with Gasteiger partial charge in [-0.15, -0.1) is 0 Å². The van der Waals surface area contributed by atoms with Crippen LogP contribution in [0, 0.1) is 17.2 Å². The molecule has 0 radical (unpaired) electrons. The number of aromatic nitrogens is 2. The second-order valence-corrected chi connectivity index (χ2v) is 4.58. The van der Waals surface area contributed by atoms with E-state index in [1.54, 1.807) is 0 Å². The summed E-state index contributed by atoms with van der Waals surface area (Å²) >= 11 is 0. The normalized spacial score (nSPS) is 28.1. The lowest BCUT2D eigenvalue weighted by molar-refractivity contribution is -0.114. The average Bonchev–Trinajstić information content (AvgIpc) is 2.74. The first kappa shape index (κ1) is 15.1. The molecule has 2 heterocycles. The molecule has 1 saturated heterocycles. The van der Waals surface area contributed by atoms with Crippen molar-refractivity contribution in [1.29, 1.82) is 5.26 Å². The SMILES string of the molecule is CC(=O)Nc1ccn([C@@H]2O[C@H](CO)C(O)C2C#N)c(=O)n1. The molecular weight excluding hydrogens is 280 g/mol. The van der Waals surface area contributed by atoms with Crippen molar-refractivity contribution >= 4 is 11.7 Å². The summed E-state index contributed by atoms with van der Waals surface area (Å²) in [6.45, 7) is 0.809. The fourth-order valence-electron chi connectivity index (χ4n) is 2.13. The zero-order valence-corrected chi connectivity index (χ0v) is 11.1. The van der Waals surface area contributed by atoms with Gasteiger partial charge in [0, 0.05) is 13.1 Å². The van der Waals surface area contributed by atoms with Crippen LogP contribution in [0.2, 0.25) is 0 Å². The van der Waals surface area contributed by atoms with Crippen LogP contribution in [0.3, 0.4) is 0 Å². The number of ether oxygens (including phenoxy) is 1. The van der Waals surface area contributed by atoms with E-state index in [9.17, 15) is 14.7 Å². The van der Waals surface area contributed by atoms with Gasteiger partial charge >= 0.3 is 5.69 Å². The zero-order chi connectivity index (χ0) is 15.6. The van der Waals surface area contributed by atoms with Crippen LogP contribution in [-0.4, -0.2) is 44.5 Å². The Kier molecular flexibility index (Phi) is 4.32. The summed E-state index contributed by atoms with van der Waals surface area (Å²) in [7, 11) is 0. The number of aliphatic hydroxyl groups excluding tert-OH is 2. The molecule has 1 aromatic rings. The van der Waals surface area contributed by atoms with Gasteiger partial charge in [-0.2, -0.15) is 10.2 Å². The third-order valence-electron chi connectivity index (χ3n) is 3.11. The molecular formula is C12H14N4O5. The Labute approximate surface area is 119 Å². The van der Waals surface area contributed by atoms with E-state index in [0.717, 1.165) is 4.57 Å². The van der Waals surface area contributed by atoms with Crippen LogP contribution in [-0.2, 0) is 9.53 Å². The minimum absolute atomic E-state index is 0.0783. The van der Waals surface area contributed by atoms with Crippen molar-refractivity contribution in [2.45, 2.75) is 25.4 Å². The number of nitriles is 1. The largest absolute Gasteiger partial charge is 0.394 e. The van der Waals surface area contributed by atoms with Gasteiger partial charge in [0.15, 0.2) is 6.23 Å². The van der Waals surface area contributed by atoms with Crippen LogP contribution in [0.25, 0.3) is 0 Å². The standard InChI is InChI=1S/C12H14N4O5/c1-6(18)14-9-2-3-16(12(20)15-9)11-7(4-13)10(19)8(5-17)21-11/h2-3,7-8,10-11,17,19H,5H2,1H3,(H,14,15,18,20)/t7?,8-,10?,11-/m1/s1. The maximum Gasteiger partial charge on any atom is 0.351 e. The highest BCUT2D eigenvalue weighted by Crippen LogP contribution is 2.33. The van der Waals surface area contributed by atoms with E-state index in [2.05, 4.69) is 10.3 Å². The molecule has 0 saturated carbocycles. The van der Waals surface area contributed by atoms with E-state index >= 15 is 0 Å². The molecule has 9 heteroatoms. The Morgan fingerprint density at radius 3 is 2.90 bits per heavy atom. The third-order valence-corrected chi connectivity index (χ3v) is 3.11. The number of hydrogen-bond acceptors (Lipinski definition) is 7. The average molecular weight is 294 g/mol. The lowest BCUT2D eigenvalue weighted by Gasteiger charge is -2.16. The van der Waals surface area contributed by atoms with Gasteiger partial charge < -0.3 is 20.3 Å². The van der Waals surface area contributed by atoms with Crippen molar-refractivity contribution in [2.24, 2.45) is 5.92 Å². The Morgan fingerprint density at radius 1 is 1.67 bits per heavy atom. The van der Waals surface area contributed by atoms with Crippen LogP contribution in [0.1, 0.15) is 13.2 Å². The Hall–Kier alpha value is -2.28. The van der Waals surface area contributed by atoms with Crippen molar-refractivity contribution in [3.63, 3.8) is 0 Å². The number of nitrogens with one attached hydrogen (secondary N) is 1. The van der Waals surface area contributed by atoms with Gasteiger partial charge in [-0.05, 0) is 6.07 Å². The van der Waals surface area contributed by atoms with Gasteiger partial charge in [0.1, 0.15) is 23.9 Å². The van der Waals surface area contributed by atoms with Crippen LogP contribution < -0.4 is 11.0 Å². The summed E-state index contributed by atoms with van der Waals surface area (Å²) in [5.74, 6) is -1.30. The molecule has 0 spiro atoms. The highest BCUT2D eigenvalue weighted by Gasteiger charge is 2.45. The number of anilines is 1. The fourth-order valence-corrected chi connectivity index (χ4v) is 2.13. The van der Waals surface area contributed by atoms with Gasteiger partial charge in [-0.25, -0.2) is 4.79 Å². The van der Waals surface area contributed by atoms with Crippen LogP contribution >= 0.6 is 0 Å². The molecule has 0 bridgehead atoms. The molecule has 1 aliphatic heterocycles. The molecule has 9 nitrogen and oxygen atoms in total. The summed E-state index contributed by atoms with van der Waals surface area (Å²) in [6.07, 6.45) is -1.88. The molecule has 1 aliphatic rings. The van der Waals surface area contributed by atoms with Gasteiger partial charge in [-0.1, -0.05) is 0 Å². The highest BCUT2D eigenvalue weighted by molar-refractivity contribution is 5.87. The minimum Gasteiger partial charge on any atom is -0.394 e. The molecule has 3 N–H and O–H groups in total. The number of amides is 1. The van der Waals surface area contributed by atoms with Gasteiger partial charge in [0.05, 0.1) is 12.7 Å². The van der Waals surface area contributed by atoms with Gasteiger partial charge in [0.25, 0.3) is 0 Å².